The average molecular weight is 340 g/mol. The molecule has 3 aromatic rings. The molecule has 0 amide bonds. The summed E-state index contributed by atoms with van der Waals surface area (Å²) in [6.07, 6.45) is 0. The molecule has 25 heavy (non-hydrogen) atoms. The van der Waals surface area contributed by atoms with E-state index in [0.717, 1.165) is 11.1 Å². The van der Waals surface area contributed by atoms with Gasteiger partial charge in [-0.15, -0.1) is 0 Å². The minimum Gasteiger partial charge on any atom is -0.497 e. The van der Waals surface area contributed by atoms with Crippen LogP contribution >= 0.6 is 0 Å². The molecule has 0 aliphatic heterocycles. The van der Waals surface area contributed by atoms with Crippen molar-refractivity contribution < 1.29 is 19.2 Å². The Labute approximate surface area is 143 Å². The summed E-state index contributed by atoms with van der Waals surface area (Å²) >= 11 is 0. The van der Waals surface area contributed by atoms with Gasteiger partial charge in [0, 0.05) is 11.5 Å². The number of nitro benzene ring substituents is 1. The topological polar surface area (TPSA) is 94.5 Å². The number of esters is 1. The maximum atomic E-state index is 12.0. The van der Waals surface area contributed by atoms with E-state index in [4.69, 9.17) is 9.47 Å². The maximum absolute atomic E-state index is 12.0. The molecule has 0 spiro atoms. The smallest absolute Gasteiger partial charge is 0.354 e. The number of carbonyl (C=O) groups excluding carboxylic acids is 1. The fraction of sp³-hybridized carbons (Fsp3) is 0.167. The largest absolute Gasteiger partial charge is 0.497 e. The molecule has 0 radical (unpaired) electrons. The van der Waals surface area contributed by atoms with Crippen LogP contribution in [-0.4, -0.2) is 29.6 Å². The molecule has 0 fully saturated rings. The number of carbonyl (C=O) groups is 1. The van der Waals surface area contributed by atoms with Crippen LogP contribution in [0.5, 0.6) is 5.75 Å². The number of ether oxygens (including phenoxy) is 2. The van der Waals surface area contributed by atoms with Gasteiger partial charge in [-0.25, -0.2) is 4.79 Å². The third-order valence-electron chi connectivity index (χ3n) is 3.84. The van der Waals surface area contributed by atoms with Gasteiger partial charge in [-0.05, 0) is 42.3 Å². The number of H-pyrrole nitrogens is 1. The van der Waals surface area contributed by atoms with Crippen LogP contribution in [0.1, 0.15) is 17.4 Å². The number of hydrogen-bond acceptors (Lipinski definition) is 5. The van der Waals surface area contributed by atoms with E-state index in [1.165, 1.54) is 6.07 Å². The molecule has 0 saturated carbocycles. The summed E-state index contributed by atoms with van der Waals surface area (Å²) in [4.78, 5) is 25.7. The molecular formula is C18H16N2O5. The van der Waals surface area contributed by atoms with E-state index in [9.17, 15) is 14.9 Å². The molecule has 0 bridgehead atoms. The number of nitro groups is 1. The van der Waals surface area contributed by atoms with E-state index in [1.54, 1.807) is 26.2 Å². The second-order valence-corrected chi connectivity index (χ2v) is 5.31. The van der Waals surface area contributed by atoms with Crippen LogP contribution in [0.3, 0.4) is 0 Å². The summed E-state index contributed by atoms with van der Waals surface area (Å²) in [5.74, 6) is 0.120. The summed E-state index contributed by atoms with van der Waals surface area (Å²) in [5.41, 5.74) is 1.95. The van der Waals surface area contributed by atoms with Crippen LogP contribution in [-0.2, 0) is 4.74 Å². The highest BCUT2D eigenvalue weighted by Gasteiger charge is 2.21. The molecule has 0 aliphatic carbocycles. The molecule has 0 atom stereocenters. The maximum Gasteiger partial charge on any atom is 0.354 e. The fourth-order valence-electron chi connectivity index (χ4n) is 2.72. The van der Waals surface area contributed by atoms with Crippen molar-refractivity contribution >= 4 is 22.6 Å². The summed E-state index contributed by atoms with van der Waals surface area (Å²) in [6.45, 7) is 1.92. The van der Waals surface area contributed by atoms with E-state index in [1.807, 2.05) is 24.3 Å². The lowest BCUT2D eigenvalue weighted by Gasteiger charge is -2.06. The van der Waals surface area contributed by atoms with Gasteiger partial charge in [0.15, 0.2) is 0 Å². The number of aromatic amines is 1. The SMILES string of the molecule is CCOC(=O)c1cc2c(-c3cccc(OC)c3)ccc([N+](=O)[O-])c2[nH]1. The van der Waals surface area contributed by atoms with Gasteiger partial charge in [0.1, 0.15) is 17.0 Å². The zero-order chi connectivity index (χ0) is 18.0. The third-order valence-corrected chi connectivity index (χ3v) is 3.84. The second kappa shape index (κ2) is 6.64. The van der Waals surface area contributed by atoms with E-state index in [-0.39, 0.29) is 23.5 Å². The second-order valence-electron chi connectivity index (χ2n) is 5.31. The third kappa shape index (κ3) is 3.03. The van der Waals surface area contributed by atoms with Crippen LogP contribution in [0.4, 0.5) is 5.69 Å². The number of aromatic nitrogens is 1. The van der Waals surface area contributed by atoms with Crippen LogP contribution < -0.4 is 4.74 Å². The molecule has 0 saturated heterocycles. The Morgan fingerprint density at radius 2 is 2.04 bits per heavy atom. The number of fused-ring (bicyclic) bond motifs is 1. The lowest BCUT2D eigenvalue weighted by molar-refractivity contribution is -0.383. The molecule has 1 aromatic heterocycles. The first kappa shape index (κ1) is 16.5. The number of hydrogen-bond donors (Lipinski definition) is 1. The van der Waals surface area contributed by atoms with Crippen molar-refractivity contribution in [3.05, 3.63) is 58.3 Å². The van der Waals surface area contributed by atoms with Crippen LogP contribution in [0.15, 0.2) is 42.5 Å². The molecule has 1 heterocycles. The van der Waals surface area contributed by atoms with Crippen molar-refractivity contribution in [2.24, 2.45) is 0 Å². The van der Waals surface area contributed by atoms with E-state index in [0.29, 0.717) is 11.1 Å². The molecular weight excluding hydrogens is 324 g/mol. The van der Waals surface area contributed by atoms with Gasteiger partial charge < -0.3 is 14.5 Å². The van der Waals surface area contributed by atoms with Crippen molar-refractivity contribution in [3.63, 3.8) is 0 Å². The molecule has 7 heteroatoms. The zero-order valence-electron chi connectivity index (χ0n) is 13.7. The Balaban J connectivity index is 2.24. The Hall–Kier alpha value is -3.35. The number of benzene rings is 2. The van der Waals surface area contributed by atoms with Gasteiger partial charge in [-0.3, -0.25) is 10.1 Å². The summed E-state index contributed by atoms with van der Waals surface area (Å²) in [5, 5.41) is 11.9. The number of rotatable bonds is 5. The number of nitrogens with zero attached hydrogens (tertiary/aromatic N) is 1. The van der Waals surface area contributed by atoms with Gasteiger partial charge in [0.05, 0.1) is 18.6 Å². The molecule has 3 rings (SSSR count). The summed E-state index contributed by atoms with van der Waals surface area (Å²) in [6, 6.07) is 12.0. The number of non-ortho nitro benzene ring substituents is 1. The normalized spacial score (nSPS) is 10.6. The monoisotopic (exact) mass is 340 g/mol. The minimum absolute atomic E-state index is 0.0998. The molecule has 128 valence electrons. The molecule has 0 unspecified atom stereocenters. The van der Waals surface area contributed by atoms with Crippen molar-refractivity contribution in [3.8, 4) is 16.9 Å². The Kier molecular flexibility index (Phi) is 4.38. The molecule has 0 aliphatic rings. The van der Waals surface area contributed by atoms with E-state index >= 15 is 0 Å². The summed E-state index contributed by atoms with van der Waals surface area (Å²) in [7, 11) is 1.57. The Morgan fingerprint density at radius 1 is 1.24 bits per heavy atom. The van der Waals surface area contributed by atoms with Crippen molar-refractivity contribution in [1.82, 2.24) is 4.98 Å². The van der Waals surface area contributed by atoms with Gasteiger partial charge in [-0.1, -0.05) is 12.1 Å². The first-order valence-corrected chi connectivity index (χ1v) is 7.66. The highest BCUT2D eigenvalue weighted by molar-refractivity contribution is 6.04. The molecule has 2 aromatic carbocycles. The average Bonchev–Trinajstić information content (AvgIpc) is 3.06. The first-order valence-electron chi connectivity index (χ1n) is 7.66. The predicted octanol–water partition coefficient (Wildman–Crippen LogP) is 3.93. The predicted molar refractivity (Wildman–Crippen MR) is 92.9 cm³/mol. The number of methoxy groups -OCH3 is 1. The van der Waals surface area contributed by atoms with Crippen LogP contribution in [0.2, 0.25) is 0 Å². The van der Waals surface area contributed by atoms with Gasteiger partial charge >= 0.3 is 5.97 Å². The first-order chi connectivity index (χ1) is 12.0. The fourth-order valence-corrected chi connectivity index (χ4v) is 2.72. The summed E-state index contributed by atoms with van der Waals surface area (Å²) < 4.78 is 10.2. The van der Waals surface area contributed by atoms with Gasteiger partial charge in [0.25, 0.3) is 5.69 Å². The Morgan fingerprint density at radius 3 is 2.72 bits per heavy atom. The highest BCUT2D eigenvalue weighted by atomic mass is 16.6. The zero-order valence-corrected chi connectivity index (χ0v) is 13.7. The molecule has 1 N–H and O–H groups in total. The van der Waals surface area contributed by atoms with Crippen molar-refractivity contribution in [2.75, 3.05) is 13.7 Å². The van der Waals surface area contributed by atoms with Crippen molar-refractivity contribution in [2.45, 2.75) is 6.92 Å². The Bertz CT molecular complexity index is 961. The minimum atomic E-state index is -0.551. The van der Waals surface area contributed by atoms with E-state index in [2.05, 4.69) is 4.98 Å². The van der Waals surface area contributed by atoms with E-state index < -0.39 is 10.9 Å². The quantitative estimate of drug-likeness (QED) is 0.431. The van der Waals surface area contributed by atoms with Gasteiger partial charge in [0.2, 0.25) is 0 Å². The van der Waals surface area contributed by atoms with Crippen LogP contribution in [0, 0.1) is 10.1 Å². The van der Waals surface area contributed by atoms with Gasteiger partial charge in [-0.2, -0.15) is 0 Å². The standard InChI is InChI=1S/C18H16N2O5/c1-3-25-18(21)15-10-14-13(11-5-4-6-12(9-11)24-2)7-8-16(20(22)23)17(14)19-15/h4-10,19H,3H2,1-2H3. The lowest BCUT2D eigenvalue weighted by Crippen LogP contribution is -2.04. The number of nitrogens with one attached hydrogen (secondary N) is 1. The van der Waals surface area contributed by atoms with Crippen molar-refractivity contribution in [1.29, 1.82) is 0 Å². The lowest BCUT2D eigenvalue weighted by atomic mass is 10.0. The highest BCUT2D eigenvalue weighted by Crippen LogP contribution is 2.35. The van der Waals surface area contributed by atoms with Crippen LogP contribution in [0.25, 0.3) is 22.0 Å². The molecule has 7 nitrogen and oxygen atoms in total.